The summed E-state index contributed by atoms with van der Waals surface area (Å²) < 4.78 is 2.20. The molecule has 9 rings (SSSR count). The van der Waals surface area contributed by atoms with E-state index in [1.54, 1.807) is 0 Å². The van der Waals surface area contributed by atoms with Crippen LogP contribution >= 0.6 is 0 Å². The predicted molar refractivity (Wildman–Crippen MR) is 178 cm³/mol. The second-order valence-corrected chi connectivity index (χ2v) is 11.3. The third kappa shape index (κ3) is 3.42. The van der Waals surface area contributed by atoms with Gasteiger partial charge in [-0.3, -0.25) is 0 Å². The van der Waals surface area contributed by atoms with Gasteiger partial charge in [0.25, 0.3) is 0 Å². The number of hydrogen-bond donors (Lipinski definition) is 0. The standard InChI is InChI=1S/C40H26N2/c1-42-37-22-19-33(34-20-17-29-13-12-27-7-4-8-28-18-21-35(34)39(29)38(27)28)24-36(37)41-40(42)30-14-9-26(10-15-30)32-16-11-25-5-2-3-6-31(25)23-32/h2-24H,1H3. The van der Waals surface area contributed by atoms with E-state index in [0.29, 0.717) is 0 Å². The summed E-state index contributed by atoms with van der Waals surface area (Å²) in [6, 6.07) is 50.8. The molecule has 0 saturated carbocycles. The molecular formula is C40H26N2. The Kier molecular flexibility index (Phi) is 4.85. The number of rotatable bonds is 3. The van der Waals surface area contributed by atoms with Gasteiger partial charge in [0, 0.05) is 12.6 Å². The van der Waals surface area contributed by atoms with E-state index >= 15 is 0 Å². The Morgan fingerprint density at radius 3 is 1.90 bits per heavy atom. The highest BCUT2D eigenvalue weighted by Crippen LogP contribution is 2.40. The van der Waals surface area contributed by atoms with Crippen molar-refractivity contribution in [3.05, 3.63) is 140 Å². The van der Waals surface area contributed by atoms with Crippen LogP contribution in [0.3, 0.4) is 0 Å². The molecule has 0 fully saturated rings. The molecule has 42 heavy (non-hydrogen) atoms. The van der Waals surface area contributed by atoms with Crippen LogP contribution in [0.25, 0.3) is 87.8 Å². The molecule has 0 aliphatic heterocycles. The molecule has 0 bridgehead atoms. The van der Waals surface area contributed by atoms with Gasteiger partial charge in [0.05, 0.1) is 11.0 Å². The van der Waals surface area contributed by atoms with Crippen LogP contribution in [0.2, 0.25) is 0 Å². The highest BCUT2D eigenvalue weighted by molar-refractivity contribution is 6.25. The van der Waals surface area contributed by atoms with Gasteiger partial charge in [0.1, 0.15) is 5.82 Å². The molecule has 0 atom stereocenters. The number of hydrogen-bond acceptors (Lipinski definition) is 1. The van der Waals surface area contributed by atoms with Crippen molar-refractivity contribution >= 4 is 54.1 Å². The first-order chi connectivity index (χ1) is 20.7. The van der Waals surface area contributed by atoms with Gasteiger partial charge in [0.2, 0.25) is 0 Å². The molecule has 0 saturated heterocycles. The van der Waals surface area contributed by atoms with Gasteiger partial charge in [-0.25, -0.2) is 4.98 Å². The Bertz CT molecular complexity index is 2450. The lowest BCUT2D eigenvalue weighted by atomic mass is 9.90. The number of benzene rings is 8. The maximum Gasteiger partial charge on any atom is 0.140 e. The minimum Gasteiger partial charge on any atom is -0.327 e. The normalized spacial score (nSPS) is 11.9. The Morgan fingerprint density at radius 1 is 0.452 bits per heavy atom. The second-order valence-electron chi connectivity index (χ2n) is 11.3. The summed E-state index contributed by atoms with van der Waals surface area (Å²) in [6.07, 6.45) is 0. The summed E-state index contributed by atoms with van der Waals surface area (Å²) in [5, 5.41) is 10.4. The first-order valence-corrected chi connectivity index (χ1v) is 14.4. The lowest BCUT2D eigenvalue weighted by Gasteiger charge is -2.14. The molecule has 1 aromatic heterocycles. The van der Waals surface area contributed by atoms with Crippen LogP contribution in [0.5, 0.6) is 0 Å². The monoisotopic (exact) mass is 534 g/mol. The molecular weight excluding hydrogens is 508 g/mol. The van der Waals surface area contributed by atoms with E-state index in [1.165, 1.54) is 65.3 Å². The van der Waals surface area contributed by atoms with E-state index in [1.807, 2.05) is 0 Å². The quantitative estimate of drug-likeness (QED) is 0.206. The zero-order valence-electron chi connectivity index (χ0n) is 23.2. The van der Waals surface area contributed by atoms with Crippen LogP contribution < -0.4 is 0 Å². The van der Waals surface area contributed by atoms with Crippen molar-refractivity contribution in [2.45, 2.75) is 0 Å². The molecule has 196 valence electrons. The molecule has 0 amide bonds. The van der Waals surface area contributed by atoms with Gasteiger partial charge in [-0.05, 0) is 83.5 Å². The van der Waals surface area contributed by atoms with Crippen molar-refractivity contribution in [1.82, 2.24) is 9.55 Å². The first kappa shape index (κ1) is 23.3. The number of aromatic nitrogens is 2. The van der Waals surface area contributed by atoms with E-state index in [2.05, 4.69) is 151 Å². The SMILES string of the molecule is Cn1c(-c2ccc(-c3ccc4ccccc4c3)cc2)nc2cc(-c3ccc4ccc5cccc6ccc3c4c56)ccc21. The van der Waals surface area contributed by atoms with Crippen molar-refractivity contribution in [2.24, 2.45) is 7.05 Å². The number of imidazole rings is 1. The predicted octanol–water partition coefficient (Wildman–Crippen LogP) is 10.6. The lowest BCUT2D eigenvalue weighted by Crippen LogP contribution is -1.92. The fourth-order valence-electron chi connectivity index (χ4n) is 6.79. The van der Waals surface area contributed by atoms with Gasteiger partial charge in [-0.2, -0.15) is 0 Å². The van der Waals surface area contributed by atoms with Gasteiger partial charge in [-0.15, -0.1) is 0 Å². The molecule has 2 heteroatoms. The van der Waals surface area contributed by atoms with Crippen LogP contribution in [0, 0.1) is 0 Å². The maximum atomic E-state index is 5.14. The lowest BCUT2D eigenvalue weighted by molar-refractivity contribution is 0.959. The van der Waals surface area contributed by atoms with Crippen molar-refractivity contribution in [1.29, 1.82) is 0 Å². The molecule has 0 aliphatic carbocycles. The van der Waals surface area contributed by atoms with E-state index in [9.17, 15) is 0 Å². The van der Waals surface area contributed by atoms with Crippen LogP contribution in [0.4, 0.5) is 0 Å². The molecule has 8 aromatic carbocycles. The summed E-state index contributed by atoms with van der Waals surface area (Å²) in [7, 11) is 2.11. The summed E-state index contributed by atoms with van der Waals surface area (Å²) >= 11 is 0. The van der Waals surface area contributed by atoms with Crippen LogP contribution in [0.15, 0.2) is 140 Å². The molecule has 0 unspecified atom stereocenters. The van der Waals surface area contributed by atoms with Crippen LogP contribution in [0.1, 0.15) is 0 Å². The van der Waals surface area contributed by atoms with E-state index in [4.69, 9.17) is 4.98 Å². The number of aryl methyl sites for hydroxylation is 1. The Hall–Kier alpha value is -5.47. The minimum absolute atomic E-state index is 0.975. The second kappa shape index (κ2) is 8.76. The smallest absolute Gasteiger partial charge is 0.140 e. The first-order valence-electron chi connectivity index (χ1n) is 14.4. The molecule has 0 aliphatic rings. The largest absolute Gasteiger partial charge is 0.327 e. The van der Waals surface area contributed by atoms with Gasteiger partial charge < -0.3 is 4.57 Å². The van der Waals surface area contributed by atoms with Crippen LogP contribution in [-0.2, 0) is 7.05 Å². The summed E-state index contributed by atoms with van der Waals surface area (Å²) in [5.74, 6) is 0.975. The Morgan fingerprint density at radius 2 is 1.07 bits per heavy atom. The number of fused-ring (bicyclic) bond motifs is 2. The van der Waals surface area contributed by atoms with Gasteiger partial charge >= 0.3 is 0 Å². The third-order valence-electron chi connectivity index (χ3n) is 8.95. The van der Waals surface area contributed by atoms with Crippen LogP contribution in [-0.4, -0.2) is 9.55 Å². The fraction of sp³-hybridized carbons (Fsp3) is 0.0250. The average Bonchev–Trinajstić information content (AvgIpc) is 3.38. The molecule has 1 heterocycles. The fourth-order valence-corrected chi connectivity index (χ4v) is 6.79. The zero-order valence-corrected chi connectivity index (χ0v) is 23.2. The topological polar surface area (TPSA) is 17.8 Å². The highest BCUT2D eigenvalue weighted by atomic mass is 15.1. The van der Waals surface area contributed by atoms with Crippen molar-refractivity contribution in [2.75, 3.05) is 0 Å². The summed E-state index contributed by atoms with van der Waals surface area (Å²) in [6.45, 7) is 0. The van der Waals surface area contributed by atoms with Gasteiger partial charge in [0.15, 0.2) is 0 Å². The van der Waals surface area contributed by atoms with Crippen molar-refractivity contribution < 1.29 is 0 Å². The third-order valence-corrected chi connectivity index (χ3v) is 8.95. The van der Waals surface area contributed by atoms with Crippen molar-refractivity contribution in [3.8, 4) is 33.6 Å². The molecule has 2 nitrogen and oxygen atoms in total. The summed E-state index contributed by atoms with van der Waals surface area (Å²) in [5.41, 5.74) is 8.12. The van der Waals surface area contributed by atoms with Crippen molar-refractivity contribution in [3.63, 3.8) is 0 Å². The zero-order chi connectivity index (χ0) is 27.8. The van der Waals surface area contributed by atoms with E-state index in [0.717, 1.165) is 22.4 Å². The van der Waals surface area contributed by atoms with E-state index in [-0.39, 0.29) is 0 Å². The minimum atomic E-state index is 0.975. The number of nitrogens with zero attached hydrogens (tertiary/aromatic N) is 2. The Labute approximate surface area is 243 Å². The highest BCUT2D eigenvalue weighted by Gasteiger charge is 2.15. The molecule has 0 radical (unpaired) electrons. The van der Waals surface area contributed by atoms with Gasteiger partial charge in [-0.1, -0.05) is 121 Å². The summed E-state index contributed by atoms with van der Waals surface area (Å²) in [4.78, 5) is 5.14. The maximum absolute atomic E-state index is 5.14. The van der Waals surface area contributed by atoms with E-state index < -0.39 is 0 Å². The molecule has 9 aromatic rings. The Balaban J connectivity index is 1.13. The average molecular weight is 535 g/mol. The molecule has 0 spiro atoms. The molecule has 0 N–H and O–H groups in total.